The van der Waals surface area contributed by atoms with Crippen LogP contribution in [-0.4, -0.2) is 19.5 Å². The van der Waals surface area contributed by atoms with Crippen LogP contribution < -0.4 is 5.32 Å². The molecule has 0 amide bonds. The zero-order valence-corrected chi connectivity index (χ0v) is 15.0. The van der Waals surface area contributed by atoms with Gasteiger partial charge in [-0.2, -0.15) is 0 Å². The molecule has 0 aliphatic rings. The highest BCUT2D eigenvalue weighted by Crippen LogP contribution is 2.26. The van der Waals surface area contributed by atoms with E-state index < -0.39 is 0 Å². The van der Waals surface area contributed by atoms with Gasteiger partial charge < -0.3 is 9.88 Å². The molecule has 0 saturated heterocycles. The van der Waals surface area contributed by atoms with Crippen molar-refractivity contribution in [1.29, 1.82) is 0 Å². The molecule has 2 aromatic heterocycles. The van der Waals surface area contributed by atoms with E-state index in [-0.39, 0.29) is 5.92 Å². The first kappa shape index (κ1) is 16.4. The molecule has 126 valence electrons. The zero-order chi connectivity index (χ0) is 17.3. The standard InChI is InChI=1S/C19H25N5/c1-6-24-11-20-16-18(22-17(13(4)5)23-19(16)24)21-15-9-7-14(8-10-15)12(2)3/h7-13H,6H2,1-5H3,(H,21,22,23). The minimum Gasteiger partial charge on any atom is -0.338 e. The molecule has 1 N–H and O–H groups in total. The second-order valence-corrected chi connectivity index (χ2v) is 6.69. The maximum Gasteiger partial charge on any atom is 0.165 e. The monoisotopic (exact) mass is 323 g/mol. The van der Waals surface area contributed by atoms with Crippen LogP contribution in [0, 0.1) is 0 Å². The number of rotatable bonds is 5. The van der Waals surface area contributed by atoms with Crippen molar-refractivity contribution in [3.63, 3.8) is 0 Å². The highest BCUT2D eigenvalue weighted by molar-refractivity contribution is 5.85. The Balaban J connectivity index is 2.02. The molecule has 5 nitrogen and oxygen atoms in total. The Bertz CT molecular complexity index is 831. The number of nitrogens with zero attached hydrogens (tertiary/aromatic N) is 4. The number of anilines is 2. The smallest absolute Gasteiger partial charge is 0.165 e. The minimum absolute atomic E-state index is 0.262. The van der Waals surface area contributed by atoms with Crippen LogP contribution in [0.5, 0.6) is 0 Å². The van der Waals surface area contributed by atoms with Gasteiger partial charge in [0.1, 0.15) is 5.82 Å². The average molecular weight is 323 g/mol. The van der Waals surface area contributed by atoms with E-state index in [9.17, 15) is 0 Å². The Kier molecular flexibility index (Phi) is 4.51. The summed E-state index contributed by atoms with van der Waals surface area (Å²) in [5, 5.41) is 3.42. The molecule has 5 heteroatoms. The van der Waals surface area contributed by atoms with Crippen molar-refractivity contribution in [2.45, 2.75) is 53.0 Å². The molecule has 0 unspecified atom stereocenters. The SMILES string of the molecule is CCn1cnc2c(Nc3ccc(C(C)C)cc3)nc(C(C)C)nc21. The predicted molar refractivity (Wildman–Crippen MR) is 98.9 cm³/mol. The summed E-state index contributed by atoms with van der Waals surface area (Å²) in [6.07, 6.45) is 1.83. The molecule has 0 fully saturated rings. The first-order valence-electron chi connectivity index (χ1n) is 8.59. The molecule has 0 aliphatic carbocycles. The Hall–Kier alpha value is -2.43. The van der Waals surface area contributed by atoms with Gasteiger partial charge in [-0.25, -0.2) is 15.0 Å². The van der Waals surface area contributed by atoms with Gasteiger partial charge in [0.2, 0.25) is 0 Å². The van der Waals surface area contributed by atoms with Crippen molar-refractivity contribution in [3.8, 4) is 0 Å². The molecule has 2 heterocycles. The molecule has 0 radical (unpaired) electrons. The maximum atomic E-state index is 4.70. The lowest BCUT2D eigenvalue weighted by molar-refractivity contribution is 0.750. The fraction of sp³-hybridized carbons (Fsp3) is 0.421. The van der Waals surface area contributed by atoms with E-state index >= 15 is 0 Å². The van der Waals surface area contributed by atoms with Crippen molar-refractivity contribution in [1.82, 2.24) is 19.5 Å². The van der Waals surface area contributed by atoms with Gasteiger partial charge in [-0.3, -0.25) is 0 Å². The molecule has 0 bridgehead atoms. The maximum absolute atomic E-state index is 4.70. The number of nitrogens with one attached hydrogen (secondary N) is 1. The lowest BCUT2D eigenvalue weighted by Gasteiger charge is -2.12. The van der Waals surface area contributed by atoms with Gasteiger partial charge >= 0.3 is 0 Å². The molecular weight excluding hydrogens is 298 g/mol. The first-order valence-corrected chi connectivity index (χ1v) is 8.59. The van der Waals surface area contributed by atoms with Crippen LogP contribution in [0.3, 0.4) is 0 Å². The number of hydrogen-bond donors (Lipinski definition) is 1. The summed E-state index contributed by atoms with van der Waals surface area (Å²) in [6.45, 7) is 11.5. The van der Waals surface area contributed by atoms with Crippen molar-refractivity contribution >= 4 is 22.7 Å². The molecule has 0 aliphatic heterocycles. The summed E-state index contributed by atoms with van der Waals surface area (Å²) in [6, 6.07) is 8.49. The third-order valence-electron chi connectivity index (χ3n) is 4.18. The molecule has 1 aromatic carbocycles. The summed E-state index contributed by atoms with van der Waals surface area (Å²) >= 11 is 0. The number of imidazole rings is 1. The van der Waals surface area contributed by atoms with Gasteiger partial charge in [0.15, 0.2) is 17.0 Å². The topological polar surface area (TPSA) is 55.6 Å². The largest absolute Gasteiger partial charge is 0.338 e. The number of fused-ring (bicyclic) bond motifs is 1. The molecule has 0 atom stereocenters. The summed E-state index contributed by atoms with van der Waals surface area (Å²) in [5.74, 6) is 2.39. The van der Waals surface area contributed by atoms with E-state index in [2.05, 4.69) is 73.8 Å². The summed E-state index contributed by atoms with van der Waals surface area (Å²) < 4.78 is 2.05. The van der Waals surface area contributed by atoms with Crippen LogP contribution in [-0.2, 0) is 6.54 Å². The Morgan fingerprint density at radius 1 is 1.00 bits per heavy atom. The van der Waals surface area contributed by atoms with Crippen LogP contribution in [0.1, 0.15) is 57.8 Å². The predicted octanol–water partition coefficient (Wildman–Crippen LogP) is 4.84. The van der Waals surface area contributed by atoms with Gasteiger partial charge in [-0.15, -0.1) is 0 Å². The van der Waals surface area contributed by atoms with Crippen molar-refractivity contribution in [2.75, 3.05) is 5.32 Å². The fourth-order valence-electron chi connectivity index (χ4n) is 2.63. The quantitative estimate of drug-likeness (QED) is 0.730. The lowest BCUT2D eigenvalue weighted by atomic mass is 10.0. The normalized spacial score (nSPS) is 11.6. The van der Waals surface area contributed by atoms with E-state index in [4.69, 9.17) is 9.97 Å². The third-order valence-corrected chi connectivity index (χ3v) is 4.18. The van der Waals surface area contributed by atoms with Crippen molar-refractivity contribution < 1.29 is 0 Å². The highest BCUT2D eigenvalue weighted by atomic mass is 15.2. The van der Waals surface area contributed by atoms with E-state index in [0.29, 0.717) is 5.92 Å². The molecular formula is C19H25N5. The summed E-state index contributed by atoms with van der Waals surface area (Å²) in [5.41, 5.74) is 4.04. The number of benzene rings is 1. The summed E-state index contributed by atoms with van der Waals surface area (Å²) in [7, 11) is 0. The van der Waals surface area contributed by atoms with Gasteiger partial charge in [0.25, 0.3) is 0 Å². The van der Waals surface area contributed by atoms with Crippen LogP contribution in [0.15, 0.2) is 30.6 Å². The third kappa shape index (κ3) is 3.11. The number of hydrogen-bond acceptors (Lipinski definition) is 4. The second kappa shape index (κ2) is 6.59. The van der Waals surface area contributed by atoms with Crippen molar-refractivity contribution in [3.05, 3.63) is 42.0 Å². The van der Waals surface area contributed by atoms with Crippen LogP contribution in [0.4, 0.5) is 11.5 Å². The Morgan fingerprint density at radius 3 is 2.29 bits per heavy atom. The number of aromatic nitrogens is 4. The van der Waals surface area contributed by atoms with Crippen LogP contribution >= 0.6 is 0 Å². The second-order valence-electron chi connectivity index (χ2n) is 6.69. The zero-order valence-electron chi connectivity index (χ0n) is 15.0. The van der Waals surface area contributed by atoms with Gasteiger partial charge in [-0.05, 0) is 30.5 Å². The van der Waals surface area contributed by atoms with E-state index in [1.165, 1.54) is 5.56 Å². The Morgan fingerprint density at radius 2 is 1.71 bits per heavy atom. The van der Waals surface area contributed by atoms with Gasteiger partial charge in [-0.1, -0.05) is 39.8 Å². The minimum atomic E-state index is 0.262. The highest BCUT2D eigenvalue weighted by Gasteiger charge is 2.15. The van der Waals surface area contributed by atoms with E-state index in [1.54, 1.807) is 0 Å². The first-order chi connectivity index (χ1) is 11.5. The van der Waals surface area contributed by atoms with Crippen LogP contribution in [0.25, 0.3) is 11.2 Å². The van der Waals surface area contributed by atoms with Crippen LogP contribution in [0.2, 0.25) is 0 Å². The lowest BCUT2D eigenvalue weighted by Crippen LogP contribution is -2.05. The molecule has 0 spiro atoms. The number of aryl methyl sites for hydroxylation is 1. The molecule has 3 rings (SSSR count). The van der Waals surface area contributed by atoms with Crippen molar-refractivity contribution in [2.24, 2.45) is 0 Å². The molecule has 3 aromatic rings. The molecule has 0 saturated carbocycles. The fourth-order valence-corrected chi connectivity index (χ4v) is 2.63. The summed E-state index contributed by atoms with van der Waals surface area (Å²) in [4.78, 5) is 13.9. The van der Waals surface area contributed by atoms with Gasteiger partial charge in [0.05, 0.1) is 6.33 Å². The van der Waals surface area contributed by atoms with Gasteiger partial charge in [0, 0.05) is 18.2 Å². The van der Waals surface area contributed by atoms with E-state index in [1.807, 2.05) is 6.33 Å². The van der Waals surface area contributed by atoms with E-state index in [0.717, 1.165) is 35.0 Å². The Labute approximate surface area is 143 Å². The molecule has 24 heavy (non-hydrogen) atoms. The average Bonchev–Trinajstić information content (AvgIpc) is 2.98.